The lowest BCUT2D eigenvalue weighted by molar-refractivity contribution is 0.102. The quantitative estimate of drug-likeness (QED) is 0.788. The molecule has 116 valence electrons. The molecule has 3 rings (SSSR count). The molecule has 0 aliphatic rings. The van der Waals surface area contributed by atoms with Crippen LogP contribution in [0.25, 0.3) is 10.9 Å². The summed E-state index contributed by atoms with van der Waals surface area (Å²) in [5.41, 5.74) is 1.65. The summed E-state index contributed by atoms with van der Waals surface area (Å²) in [5, 5.41) is 3.94. The van der Waals surface area contributed by atoms with Gasteiger partial charge in [-0.05, 0) is 24.3 Å². The number of hydrogen-bond acceptors (Lipinski definition) is 4. The van der Waals surface area contributed by atoms with Gasteiger partial charge in [-0.1, -0.05) is 31.5 Å². The fraction of sp³-hybridized carbons (Fsp3) is 0.176. The van der Waals surface area contributed by atoms with Crippen LogP contribution in [0.15, 0.2) is 42.7 Å². The van der Waals surface area contributed by atoms with Gasteiger partial charge >= 0.3 is 0 Å². The minimum Gasteiger partial charge on any atom is -0.320 e. The zero-order chi connectivity index (χ0) is 16.4. The van der Waals surface area contributed by atoms with Crippen molar-refractivity contribution < 1.29 is 4.79 Å². The van der Waals surface area contributed by atoms with E-state index in [0.29, 0.717) is 11.5 Å². The lowest BCUT2D eigenvalue weighted by atomic mass is 10.1. The van der Waals surface area contributed by atoms with Gasteiger partial charge in [0.15, 0.2) is 5.69 Å². The average molecular weight is 327 g/mol. The maximum atomic E-state index is 12.5. The van der Waals surface area contributed by atoms with Crippen LogP contribution in [0.3, 0.4) is 0 Å². The lowest BCUT2D eigenvalue weighted by Gasteiger charge is -2.10. The second-order valence-electron chi connectivity index (χ2n) is 5.41. The molecule has 5 nitrogen and oxygen atoms in total. The van der Waals surface area contributed by atoms with Gasteiger partial charge in [-0.2, -0.15) is 0 Å². The predicted molar refractivity (Wildman–Crippen MR) is 90.8 cm³/mol. The number of halogens is 1. The number of carbonyl (C=O) groups excluding carboxylic acids is 1. The highest BCUT2D eigenvalue weighted by molar-refractivity contribution is 6.34. The normalized spacial score (nSPS) is 11.0. The molecule has 0 aliphatic carbocycles. The summed E-state index contributed by atoms with van der Waals surface area (Å²) in [4.78, 5) is 25.2. The molecule has 1 amide bonds. The molecular weight excluding hydrogens is 312 g/mol. The van der Waals surface area contributed by atoms with Crippen LogP contribution in [0.1, 0.15) is 36.1 Å². The first kappa shape index (κ1) is 15.4. The van der Waals surface area contributed by atoms with Gasteiger partial charge in [-0.15, -0.1) is 0 Å². The Bertz CT molecular complexity index is 874. The summed E-state index contributed by atoms with van der Waals surface area (Å²) < 4.78 is 0. The van der Waals surface area contributed by atoms with Gasteiger partial charge in [0.1, 0.15) is 5.82 Å². The Labute approximate surface area is 138 Å². The van der Waals surface area contributed by atoms with Crippen molar-refractivity contribution in [3.05, 3.63) is 59.3 Å². The van der Waals surface area contributed by atoms with E-state index in [1.54, 1.807) is 6.20 Å². The summed E-state index contributed by atoms with van der Waals surface area (Å²) in [5.74, 6) is 0.329. The van der Waals surface area contributed by atoms with Gasteiger partial charge in [0.25, 0.3) is 5.91 Å². The van der Waals surface area contributed by atoms with E-state index in [-0.39, 0.29) is 22.5 Å². The summed E-state index contributed by atoms with van der Waals surface area (Å²) >= 11 is 6.08. The lowest BCUT2D eigenvalue weighted by Crippen LogP contribution is -2.16. The number of rotatable bonds is 3. The van der Waals surface area contributed by atoms with E-state index >= 15 is 0 Å². The van der Waals surface area contributed by atoms with Gasteiger partial charge in [-0.3, -0.25) is 9.78 Å². The number of amides is 1. The minimum absolute atomic E-state index is 0.112. The number of aromatic nitrogens is 3. The Kier molecular flexibility index (Phi) is 4.21. The first-order valence-corrected chi connectivity index (χ1v) is 7.61. The molecule has 0 unspecified atom stereocenters. The molecule has 0 aliphatic heterocycles. The number of nitrogens with zero attached hydrogens (tertiary/aromatic N) is 3. The molecule has 0 radical (unpaired) electrons. The molecule has 2 aromatic heterocycles. The fourth-order valence-corrected chi connectivity index (χ4v) is 2.39. The number of benzene rings is 1. The molecule has 0 fully saturated rings. The number of anilines is 1. The largest absolute Gasteiger partial charge is 0.320 e. The van der Waals surface area contributed by atoms with Gasteiger partial charge < -0.3 is 5.32 Å². The van der Waals surface area contributed by atoms with E-state index in [1.165, 1.54) is 6.20 Å². The molecule has 3 aromatic rings. The summed E-state index contributed by atoms with van der Waals surface area (Å²) in [7, 11) is 0. The van der Waals surface area contributed by atoms with Gasteiger partial charge in [0.2, 0.25) is 0 Å². The van der Waals surface area contributed by atoms with Crippen LogP contribution in [0, 0.1) is 0 Å². The molecule has 0 atom stereocenters. The molecule has 6 heteroatoms. The highest BCUT2D eigenvalue weighted by Gasteiger charge is 2.16. The van der Waals surface area contributed by atoms with Crippen molar-refractivity contribution in [3.63, 3.8) is 0 Å². The van der Waals surface area contributed by atoms with Crippen LogP contribution >= 0.6 is 11.6 Å². The van der Waals surface area contributed by atoms with Crippen LogP contribution in [0.2, 0.25) is 5.02 Å². The van der Waals surface area contributed by atoms with Crippen LogP contribution in [0.5, 0.6) is 0 Å². The van der Waals surface area contributed by atoms with Crippen molar-refractivity contribution in [2.75, 3.05) is 5.32 Å². The summed E-state index contributed by atoms with van der Waals surface area (Å²) in [6, 6.07) is 9.28. The minimum atomic E-state index is -0.365. The van der Waals surface area contributed by atoms with Crippen LogP contribution in [0.4, 0.5) is 5.69 Å². The highest BCUT2D eigenvalue weighted by Crippen LogP contribution is 2.23. The van der Waals surface area contributed by atoms with Gasteiger partial charge in [-0.25, -0.2) is 9.97 Å². The molecule has 1 aromatic carbocycles. The zero-order valence-electron chi connectivity index (χ0n) is 12.7. The number of carbonyl (C=O) groups is 1. The average Bonchev–Trinajstić information content (AvgIpc) is 2.55. The van der Waals surface area contributed by atoms with Gasteiger partial charge in [0.05, 0.1) is 22.4 Å². The van der Waals surface area contributed by atoms with Crippen molar-refractivity contribution in [2.45, 2.75) is 19.8 Å². The third-order valence-electron chi connectivity index (χ3n) is 3.39. The van der Waals surface area contributed by atoms with Crippen LogP contribution < -0.4 is 5.32 Å². The van der Waals surface area contributed by atoms with Gasteiger partial charge in [0, 0.05) is 17.5 Å². The fourth-order valence-electron chi connectivity index (χ4n) is 2.21. The first-order chi connectivity index (χ1) is 11.1. The van der Waals surface area contributed by atoms with E-state index in [2.05, 4.69) is 20.3 Å². The zero-order valence-corrected chi connectivity index (χ0v) is 13.5. The Balaban J connectivity index is 1.97. The van der Waals surface area contributed by atoms with Crippen molar-refractivity contribution in [1.82, 2.24) is 15.0 Å². The predicted octanol–water partition coefficient (Wildman–Crippen LogP) is 4.05. The van der Waals surface area contributed by atoms with Crippen molar-refractivity contribution in [3.8, 4) is 0 Å². The Morgan fingerprint density at radius 1 is 1.17 bits per heavy atom. The van der Waals surface area contributed by atoms with E-state index < -0.39 is 0 Å². The van der Waals surface area contributed by atoms with Crippen LogP contribution in [-0.4, -0.2) is 20.9 Å². The number of fused-ring (bicyclic) bond motifs is 1. The highest BCUT2D eigenvalue weighted by atomic mass is 35.5. The number of pyridine rings is 1. The Hall–Kier alpha value is -2.53. The van der Waals surface area contributed by atoms with E-state index in [1.807, 2.05) is 44.2 Å². The summed E-state index contributed by atoms with van der Waals surface area (Å²) in [6.45, 7) is 3.92. The van der Waals surface area contributed by atoms with Crippen molar-refractivity contribution in [2.24, 2.45) is 0 Å². The van der Waals surface area contributed by atoms with Crippen molar-refractivity contribution >= 4 is 34.1 Å². The second kappa shape index (κ2) is 6.30. The van der Waals surface area contributed by atoms with E-state index in [4.69, 9.17) is 11.6 Å². The molecular formula is C17H15ClN4O. The standard InChI is InChI=1S/C17H15ClN4O/c1-10(2)16-20-9-12(18)15(22-16)17(23)21-14-7-3-6-13-11(14)5-4-8-19-13/h3-10H,1-2H3,(H,21,23). The van der Waals surface area contributed by atoms with E-state index in [0.717, 1.165) is 10.9 Å². The SMILES string of the molecule is CC(C)c1ncc(Cl)c(C(=O)Nc2cccc3ncccc23)n1. The molecule has 0 bridgehead atoms. The smallest absolute Gasteiger partial charge is 0.275 e. The molecule has 0 saturated heterocycles. The van der Waals surface area contributed by atoms with Crippen molar-refractivity contribution in [1.29, 1.82) is 0 Å². The Morgan fingerprint density at radius 3 is 2.78 bits per heavy atom. The molecule has 0 saturated carbocycles. The van der Waals surface area contributed by atoms with E-state index in [9.17, 15) is 4.79 Å². The first-order valence-electron chi connectivity index (χ1n) is 7.24. The molecule has 2 heterocycles. The maximum absolute atomic E-state index is 12.5. The monoisotopic (exact) mass is 326 g/mol. The molecule has 1 N–H and O–H groups in total. The maximum Gasteiger partial charge on any atom is 0.275 e. The third kappa shape index (κ3) is 3.14. The summed E-state index contributed by atoms with van der Waals surface area (Å²) in [6.07, 6.45) is 3.17. The Morgan fingerprint density at radius 2 is 2.00 bits per heavy atom. The topological polar surface area (TPSA) is 67.8 Å². The molecule has 0 spiro atoms. The molecule has 23 heavy (non-hydrogen) atoms. The number of nitrogens with one attached hydrogen (secondary N) is 1. The van der Waals surface area contributed by atoms with Crippen LogP contribution in [-0.2, 0) is 0 Å². The third-order valence-corrected chi connectivity index (χ3v) is 3.66. The second-order valence-corrected chi connectivity index (χ2v) is 5.82. The number of hydrogen-bond donors (Lipinski definition) is 1.